The van der Waals surface area contributed by atoms with Crippen molar-refractivity contribution in [2.24, 2.45) is 5.18 Å². The van der Waals surface area contributed by atoms with E-state index in [1.54, 1.807) is 24.3 Å². The number of aromatic hydroxyl groups is 1. The summed E-state index contributed by atoms with van der Waals surface area (Å²) in [5.41, 5.74) is 0.371. The normalized spacial score (nSPS) is 12.2. The van der Waals surface area contributed by atoms with Crippen molar-refractivity contribution in [3.8, 4) is 5.75 Å². The molecule has 0 radical (unpaired) electrons. The lowest BCUT2D eigenvalue weighted by molar-refractivity contribution is -0.137. The number of hydrogen-bond donors (Lipinski definition) is 3. The molecule has 9 heteroatoms. The molecule has 4 rings (SSSR count). The number of benzene rings is 4. The number of alkyl halides is 3. The van der Waals surface area contributed by atoms with E-state index in [1.165, 1.54) is 18.2 Å². The lowest BCUT2D eigenvalue weighted by Gasteiger charge is -2.21. The largest absolute Gasteiger partial charge is 0.505 e. The maximum atomic E-state index is 13.2. The molecule has 0 aliphatic heterocycles. The molecule has 0 unspecified atom stereocenters. The van der Waals surface area contributed by atoms with Crippen molar-refractivity contribution in [2.45, 2.75) is 18.6 Å². The van der Waals surface area contributed by atoms with Crippen LogP contribution in [0.1, 0.15) is 11.1 Å². The van der Waals surface area contributed by atoms with E-state index in [0.29, 0.717) is 10.8 Å². The lowest BCUT2D eigenvalue weighted by atomic mass is 10.0. The van der Waals surface area contributed by atoms with E-state index in [4.69, 9.17) is 0 Å². The first kappa shape index (κ1) is 23.7. The Morgan fingerprint density at radius 3 is 2.17 bits per heavy atom. The Kier molecular flexibility index (Phi) is 6.68. The van der Waals surface area contributed by atoms with E-state index in [2.05, 4.69) is 15.8 Å². The number of nitrogens with one attached hydrogen (secondary N) is 2. The molecule has 3 N–H and O–H groups in total. The Bertz CT molecular complexity index is 1360. The van der Waals surface area contributed by atoms with Crippen molar-refractivity contribution in [3.05, 3.63) is 101 Å². The Morgan fingerprint density at radius 1 is 0.914 bits per heavy atom. The summed E-state index contributed by atoms with van der Waals surface area (Å²) in [5, 5.41) is 20.3. The SMILES string of the molecule is O=Nc1cc(N[C@H](Cc2ccccc2)C(=O)Nc2ccc(C(F)(F)F)cc2)c(O)c2ccccc12. The van der Waals surface area contributed by atoms with Crippen LogP contribution in [0.3, 0.4) is 0 Å². The Hall–Kier alpha value is -4.40. The predicted molar refractivity (Wildman–Crippen MR) is 129 cm³/mol. The van der Waals surface area contributed by atoms with Gasteiger partial charge in [0.05, 0.1) is 11.3 Å². The maximum absolute atomic E-state index is 13.2. The minimum absolute atomic E-state index is 0.0857. The minimum Gasteiger partial charge on any atom is -0.505 e. The minimum atomic E-state index is -4.49. The van der Waals surface area contributed by atoms with Crippen molar-refractivity contribution in [1.82, 2.24) is 0 Å². The summed E-state index contributed by atoms with van der Waals surface area (Å²) < 4.78 is 38.6. The predicted octanol–water partition coefficient (Wildman–Crippen LogP) is 6.62. The molecule has 6 nitrogen and oxygen atoms in total. The van der Waals surface area contributed by atoms with Gasteiger partial charge in [-0.2, -0.15) is 13.2 Å². The molecule has 0 saturated carbocycles. The number of phenols is 1. The zero-order valence-corrected chi connectivity index (χ0v) is 18.2. The van der Waals surface area contributed by atoms with Gasteiger partial charge in [0.2, 0.25) is 5.91 Å². The Labute approximate surface area is 198 Å². The topological polar surface area (TPSA) is 90.8 Å². The number of halogens is 3. The molecular weight excluding hydrogens is 459 g/mol. The number of amides is 1. The molecule has 0 aliphatic rings. The fourth-order valence-electron chi connectivity index (χ4n) is 3.75. The van der Waals surface area contributed by atoms with Gasteiger partial charge < -0.3 is 15.7 Å². The smallest absolute Gasteiger partial charge is 0.416 e. The van der Waals surface area contributed by atoms with Crippen LogP contribution in [-0.4, -0.2) is 17.1 Å². The third-order valence-electron chi connectivity index (χ3n) is 5.50. The van der Waals surface area contributed by atoms with Crippen LogP contribution in [0.4, 0.5) is 30.2 Å². The zero-order chi connectivity index (χ0) is 25.0. The molecule has 178 valence electrons. The molecule has 0 heterocycles. The second-order valence-corrected chi connectivity index (χ2v) is 7.88. The highest BCUT2D eigenvalue weighted by Gasteiger charge is 2.30. The van der Waals surface area contributed by atoms with Crippen LogP contribution in [0.2, 0.25) is 0 Å². The van der Waals surface area contributed by atoms with Gasteiger partial charge in [0.1, 0.15) is 17.5 Å². The fraction of sp³-hybridized carbons (Fsp3) is 0.115. The number of carbonyl (C=O) groups is 1. The third kappa shape index (κ3) is 5.40. The second kappa shape index (κ2) is 9.84. The number of phenolic OH excluding ortho intramolecular Hbond substituents is 1. The molecule has 0 aliphatic carbocycles. The molecule has 0 bridgehead atoms. The van der Waals surface area contributed by atoms with Gasteiger partial charge in [0, 0.05) is 22.9 Å². The molecule has 1 atom stereocenters. The molecule has 4 aromatic carbocycles. The number of anilines is 2. The summed E-state index contributed by atoms with van der Waals surface area (Å²) in [6.07, 6.45) is -4.29. The van der Waals surface area contributed by atoms with Crippen LogP contribution in [0.5, 0.6) is 5.75 Å². The highest BCUT2D eigenvalue weighted by molar-refractivity contribution is 6.02. The van der Waals surface area contributed by atoms with Crippen molar-refractivity contribution in [1.29, 1.82) is 0 Å². The van der Waals surface area contributed by atoms with Crippen LogP contribution >= 0.6 is 0 Å². The Balaban J connectivity index is 1.65. The van der Waals surface area contributed by atoms with Crippen LogP contribution in [-0.2, 0) is 17.4 Å². The highest BCUT2D eigenvalue weighted by atomic mass is 19.4. The second-order valence-electron chi connectivity index (χ2n) is 7.88. The third-order valence-corrected chi connectivity index (χ3v) is 5.50. The number of nitrogens with zero attached hydrogens (tertiary/aromatic N) is 1. The van der Waals surface area contributed by atoms with Gasteiger partial charge in [-0.1, -0.05) is 54.6 Å². The molecular formula is C26H20F3N3O3. The van der Waals surface area contributed by atoms with Crippen LogP contribution in [0.25, 0.3) is 10.8 Å². The van der Waals surface area contributed by atoms with Gasteiger partial charge in [0.25, 0.3) is 0 Å². The summed E-state index contributed by atoms with van der Waals surface area (Å²) in [7, 11) is 0. The van der Waals surface area contributed by atoms with Gasteiger partial charge in [-0.3, -0.25) is 4.79 Å². The van der Waals surface area contributed by atoms with Crippen molar-refractivity contribution >= 4 is 33.7 Å². The van der Waals surface area contributed by atoms with E-state index < -0.39 is 23.7 Å². The van der Waals surface area contributed by atoms with Gasteiger partial charge in [-0.15, -0.1) is 4.91 Å². The molecule has 0 spiro atoms. The first-order valence-corrected chi connectivity index (χ1v) is 10.6. The van der Waals surface area contributed by atoms with Gasteiger partial charge in [-0.25, -0.2) is 0 Å². The first-order valence-electron chi connectivity index (χ1n) is 10.6. The molecule has 35 heavy (non-hydrogen) atoms. The zero-order valence-electron chi connectivity index (χ0n) is 18.2. The van der Waals surface area contributed by atoms with Gasteiger partial charge in [0.15, 0.2) is 0 Å². The van der Waals surface area contributed by atoms with E-state index >= 15 is 0 Å². The van der Waals surface area contributed by atoms with E-state index in [0.717, 1.165) is 17.7 Å². The lowest BCUT2D eigenvalue weighted by Crippen LogP contribution is -2.36. The molecule has 4 aromatic rings. The summed E-state index contributed by atoms with van der Waals surface area (Å²) in [5.74, 6) is -0.699. The molecule has 1 amide bonds. The highest BCUT2D eigenvalue weighted by Crippen LogP contribution is 2.39. The van der Waals surface area contributed by atoms with Crippen molar-refractivity contribution in [3.63, 3.8) is 0 Å². The summed E-state index contributed by atoms with van der Waals surface area (Å²) in [6, 6.07) is 20.3. The first-order chi connectivity index (χ1) is 16.8. The Morgan fingerprint density at radius 2 is 1.54 bits per heavy atom. The van der Waals surface area contributed by atoms with E-state index in [1.807, 2.05) is 30.3 Å². The number of hydrogen-bond acceptors (Lipinski definition) is 5. The van der Waals surface area contributed by atoms with Crippen LogP contribution < -0.4 is 10.6 Å². The average molecular weight is 479 g/mol. The average Bonchev–Trinajstić information content (AvgIpc) is 2.85. The number of rotatable bonds is 7. The fourth-order valence-corrected chi connectivity index (χ4v) is 3.75. The van der Waals surface area contributed by atoms with E-state index in [-0.39, 0.29) is 29.2 Å². The van der Waals surface area contributed by atoms with Gasteiger partial charge >= 0.3 is 6.18 Å². The number of nitroso groups, excluding NO2 is 1. The van der Waals surface area contributed by atoms with Crippen LogP contribution in [0.15, 0.2) is 90.1 Å². The van der Waals surface area contributed by atoms with Crippen molar-refractivity contribution in [2.75, 3.05) is 10.6 Å². The van der Waals surface area contributed by atoms with Crippen LogP contribution in [0, 0.1) is 4.91 Å². The van der Waals surface area contributed by atoms with Gasteiger partial charge in [-0.05, 0) is 41.1 Å². The quantitative estimate of drug-likeness (QED) is 0.205. The van der Waals surface area contributed by atoms with Crippen molar-refractivity contribution < 1.29 is 23.1 Å². The monoisotopic (exact) mass is 479 g/mol. The number of fused-ring (bicyclic) bond motifs is 1. The summed E-state index contributed by atoms with van der Waals surface area (Å²) >= 11 is 0. The summed E-state index contributed by atoms with van der Waals surface area (Å²) in [4.78, 5) is 24.6. The molecule has 0 fully saturated rings. The molecule has 0 aromatic heterocycles. The van der Waals surface area contributed by atoms with E-state index in [9.17, 15) is 28.0 Å². The number of carbonyl (C=O) groups excluding carboxylic acids is 1. The maximum Gasteiger partial charge on any atom is 0.416 e. The standard InChI is InChI=1S/C26H20F3N3O3/c27-26(28,29)17-10-12-18(13-11-17)30-25(34)23(14-16-6-2-1-3-7-16)31-22-15-21(32-35)19-8-4-5-9-20(19)24(22)33/h1-13,15,23,31,33H,14H2,(H,30,34)/t23-/m1/s1. The molecule has 0 saturated heterocycles. The summed E-state index contributed by atoms with van der Waals surface area (Å²) in [6.45, 7) is 0.